The van der Waals surface area contributed by atoms with Gasteiger partial charge in [0.25, 0.3) is 0 Å². The van der Waals surface area contributed by atoms with Crippen molar-refractivity contribution in [3.8, 4) is 0 Å². The first-order chi connectivity index (χ1) is 14.6. The van der Waals surface area contributed by atoms with Crippen LogP contribution in [0.3, 0.4) is 0 Å². The maximum absolute atomic E-state index is 11.2. The van der Waals surface area contributed by atoms with E-state index in [2.05, 4.69) is 43.0 Å². The summed E-state index contributed by atoms with van der Waals surface area (Å²) in [4.78, 5) is 18.2. The van der Waals surface area contributed by atoms with Gasteiger partial charge in [0.15, 0.2) is 0 Å². The van der Waals surface area contributed by atoms with E-state index in [9.17, 15) is 5.11 Å². The topological polar surface area (TPSA) is 74.6 Å². The third-order valence-corrected chi connectivity index (χ3v) is 7.36. The van der Waals surface area contributed by atoms with E-state index in [1.165, 1.54) is 17.0 Å². The molecule has 4 heterocycles. The molecular weight excluding hydrogens is 398 g/mol. The summed E-state index contributed by atoms with van der Waals surface area (Å²) < 4.78 is 5.47. The third kappa shape index (κ3) is 3.64. The molecule has 2 saturated heterocycles. The Balaban J connectivity index is 1.42. The quantitative estimate of drug-likeness (QED) is 0.689. The molecule has 8 heteroatoms. The number of aromatic nitrogens is 3. The normalized spacial score (nSPS) is 22.3. The standard InChI is InChI=1S/C22H27N5O2S/c1-22(28,21-23-6-12-30-21)16-3-2-7-27(14-16)20-18-5-4-17(13-19(18)24-15-25-20)26-8-10-29-11-9-26/h4-6,12-13,15-16,28H,2-3,7-11,14H2,1H3. The number of hydrogen-bond acceptors (Lipinski definition) is 8. The van der Waals surface area contributed by atoms with E-state index in [-0.39, 0.29) is 5.92 Å². The van der Waals surface area contributed by atoms with Gasteiger partial charge in [0.05, 0.1) is 18.7 Å². The summed E-state index contributed by atoms with van der Waals surface area (Å²) in [5.74, 6) is 1.06. The lowest BCUT2D eigenvalue weighted by Crippen LogP contribution is -2.45. The fourth-order valence-electron chi connectivity index (χ4n) is 4.58. The van der Waals surface area contributed by atoms with E-state index in [0.717, 1.165) is 74.0 Å². The zero-order valence-corrected chi connectivity index (χ0v) is 18.0. The molecule has 1 N–H and O–H groups in total. The minimum absolute atomic E-state index is 0.107. The number of piperidine rings is 1. The van der Waals surface area contributed by atoms with Gasteiger partial charge < -0.3 is 19.6 Å². The maximum atomic E-state index is 11.2. The van der Waals surface area contributed by atoms with E-state index in [1.807, 2.05) is 12.3 Å². The first-order valence-corrected chi connectivity index (χ1v) is 11.5. The van der Waals surface area contributed by atoms with E-state index < -0.39 is 5.60 Å². The smallest absolute Gasteiger partial charge is 0.139 e. The lowest BCUT2D eigenvalue weighted by Gasteiger charge is -2.40. The molecular formula is C22H27N5O2S. The molecule has 5 rings (SSSR count). The number of rotatable bonds is 4. The highest BCUT2D eigenvalue weighted by atomic mass is 32.1. The van der Waals surface area contributed by atoms with Crippen LogP contribution >= 0.6 is 11.3 Å². The van der Waals surface area contributed by atoms with Gasteiger partial charge in [-0.2, -0.15) is 0 Å². The van der Waals surface area contributed by atoms with Gasteiger partial charge in [-0.15, -0.1) is 11.3 Å². The van der Waals surface area contributed by atoms with E-state index in [1.54, 1.807) is 12.5 Å². The largest absolute Gasteiger partial charge is 0.383 e. The fourth-order valence-corrected chi connectivity index (χ4v) is 5.36. The Morgan fingerprint density at radius 2 is 2.00 bits per heavy atom. The molecule has 30 heavy (non-hydrogen) atoms. The van der Waals surface area contributed by atoms with E-state index >= 15 is 0 Å². The second-order valence-electron chi connectivity index (χ2n) is 8.27. The van der Waals surface area contributed by atoms with Gasteiger partial charge in [-0.05, 0) is 38.0 Å². The molecule has 7 nitrogen and oxygen atoms in total. The Kier molecular flexibility index (Phi) is 5.30. The summed E-state index contributed by atoms with van der Waals surface area (Å²) in [6, 6.07) is 6.45. The van der Waals surface area contributed by atoms with Crippen molar-refractivity contribution in [3.63, 3.8) is 0 Å². The van der Waals surface area contributed by atoms with E-state index in [4.69, 9.17) is 4.74 Å². The summed E-state index contributed by atoms with van der Waals surface area (Å²) in [7, 11) is 0. The van der Waals surface area contributed by atoms with Gasteiger partial charge in [-0.3, -0.25) is 0 Å². The molecule has 2 fully saturated rings. The van der Waals surface area contributed by atoms with Crippen LogP contribution in [0.15, 0.2) is 36.1 Å². The molecule has 1 aromatic carbocycles. The van der Waals surface area contributed by atoms with Crippen molar-refractivity contribution in [2.45, 2.75) is 25.4 Å². The second-order valence-corrected chi connectivity index (χ2v) is 9.16. The number of anilines is 2. The molecule has 3 aromatic rings. The lowest BCUT2D eigenvalue weighted by molar-refractivity contribution is -0.0119. The van der Waals surface area contributed by atoms with Crippen LogP contribution in [0.2, 0.25) is 0 Å². The molecule has 158 valence electrons. The van der Waals surface area contributed by atoms with Gasteiger partial charge in [0.2, 0.25) is 0 Å². The first-order valence-electron chi connectivity index (χ1n) is 10.6. The van der Waals surface area contributed by atoms with Gasteiger partial charge in [-0.1, -0.05) is 0 Å². The van der Waals surface area contributed by atoms with Crippen LogP contribution in [0.4, 0.5) is 11.5 Å². The van der Waals surface area contributed by atoms with Crippen LogP contribution in [0.25, 0.3) is 10.9 Å². The molecule has 2 aliphatic rings. The maximum Gasteiger partial charge on any atom is 0.139 e. The Hall–Kier alpha value is -2.29. The van der Waals surface area contributed by atoms with Crippen LogP contribution in [0.1, 0.15) is 24.8 Å². The van der Waals surface area contributed by atoms with Crippen molar-refractivity contribution in [1.29, 1.82) is 0 Å². The Morgan fingerprint density at radius 1 is 1.13 bits per heavy atom. The Labute approximate surface area is 180 Å². The van der Waals surface area contributed by atoms with E-state index in [0.29, 0.717) is 0 Å². The number of hydrogen-bond donors (Lipinski definition) is 1. The predicted molar refractivity (Wildman–Crippen MR) is 119 cm³/mol. The lowest BCUT2D eigenvalue weighted by atomic mass is 9.83. The van der Waals surface area contributed by atoms with Crippen LogP contribution in [-0.4, -0.2) is 59.5 Å². The number of fused-ring (bicyclic) bond motifs is 1. The van der Waals surface area contributed by atoms with Gasteiger partial charge in [0.1, 0.15) is 22.8 Å². The number of benzene rings is 1. The average molecular weight is 426 g/mol. The zero-order valence-electron chi connectivity index (χ0n) is 17.2. The van der Waals surface area contributed by atoms with Crippen molar-refractivity contribution in [2.75, 3.05) is 49.2 Å². The molecule has 0 aliphatic carbocycles. The third-order valence-electron chi connectivity index (χ3n) is 6.36. The van der Waals surface area contributed by atoms with Crippen molar-refractivity contribution in [2.24, 2.45) is 5.92 Å². The predicted octanol–water partition coefficient (Wildman–Crippen LogP) is 3.05. The average Bonchev–Trinajstić information content (AvgIpc) is 3.35. The van der Waals surface area contributed by atoms with Crippen molar-refractivity contribution in [1.82, 2.24) is 15.0 Å². The molecule has 0 amide bonds. The SMILES string of the molecule is CC(O)(c1nccs1)C1CCCN(c2ncnc3cc(N4CCOCC4)ccc23)C1. The van der Waals surface area contributed by atoms with Crippen molar-refractivity contribution in [3.05, 3.63) is 41.1 Å². The minimum atomic E-state index is -0.931. The molecule has 0 spiro atoms. The highest BCUT2D eigenvalue weighted by Crippen LogP contribution is 2.38. The summed E-state index contributed by atoms with van der Waals surface area (Å²) in [5, 5.41) is 15.0. The first kappa shape index (κ1) is 19.7. The van der Waals surface area contributed by atoms with Crippen LogP contribution < -0.4 is 9.80 Å². The number of thiazole rings is 1. The minimum Gasteiger partial charge on any atom is -0.383 e. The number of ether oxygens (including phenoxy) is 1. The number of morpholine rings is 1. The summed E-state index contributed by atoms with van der Waals surface area (Å²) in [6.07, 6.45) is 5.42. The summed E-state index contributed by atoms with van der Waals surface area (Å²) in [6.45, 7) is 6.92. The molecule has 0 saturated carbocycles. The molecule has 0 radical (unpaired) electrons. The summed E-state index contributed by atoms with van der Waals surface area (Å²) >= 11 is 1.52. The monoisotopic (exact) mass is 425 g/mol. The number of nitrogens with zero attached hydrogens (tertiary/aromatic N) is 5. The molecule has 2 atom stereocenters. The Bertz CT molecular complexity index is 1000. The molecule has 2 aromatic heterocycles. The zero-order chi connectivity index (χ0) is 20.6. The van der Waals surface area contributed by atoms with Gasteiger partial charge in [-0.25, -0.2) is 15.0 Å². The van der Waals surface area contributed by atoms with Crippen molar-refractivity contribution < 1.29 is 9.84 Å². The highest BCUT2D eigenvalue weighted by Gasteiger charge is 2.39. The second kappa shape index (κ2) is 8.09. The summed E-state index contributed by atoms with van der Waals surface area (Å²) in [5.41, 5.74) is 1.20. The Morgan fingerprint density at radius 3 is 2.80 bits per heavy atom. The molecule has 2 unspecified atom stereocenters. The van der Waals surface area contributed by atoms with Crippen LogP contribution in [0.5, 0.6) is 0 Å². The molecule has 0 bridgehead atoms. The number of aliphatic hydroxyl groups is 1. The van der Waals surface area contributed by atoms with Gasteiger partial charge >= 0.3 is 0 Å². The molecule has 2 aliphatic heterocycles. The highest BCUT2D eigenvalue weighted by molar-refractivity contribution is 7.09. The van der Waals surface area contributed by atoms with Gasteiger partial charge in [0, 0.05) is 54.7 Å². The fraction of sp³-hybridized carbons (Fsp3) is 0.500. The van der Waals surface area contributed by atoms with Crippen LogP contribution in [-0.2, 0) is 10.3 Å². The van der Waals surface area contributed by atoms with Crippen molar-refractivity contribution >= 4 is 33.7 Å². The van der Waals surface area contributed by atoms with Crippen LogP contribution in [0, 0.1) is 5.92 Å².